The van der Waals surface area contributed by atoms with Crippen molar-refractivity contribution in [2.24, 2.45) is 0 Å². The molecule has 9 heteroatoms. The van der Waals surface area contributed by atoms with Gasteiger partial charge in [0.05, 0.1) is 0 Å². The first-order valence-electron chi connectivity index (χ1n) is 10.5. The second kappa shape index (κ2) is 10.1. The molecule has 1 aliphatic rings. The molecule has 1 fully saturated rings. The van der Waals surface area contributed by atoms with Crippen LogP contribution in [0.5, 0.6) is 0 Å². The molecule has 2 aromatic heterocycles. The Morgan fingerprint density at radius 1 is 1.22 bits per heavy atom. The lowest BCUT2D eigenvalue weighted by molar-refractivity contribution is -0.126. The third-order valence-electron chi connectivity index (χ3n) is 5.45. The van der Waals surface area contributed by atoms with E-state index in [1.165, 1.54) is 11.3 Å². The zero-order chi connectivity index (χ0) is 22.5. The Labute approximate surface area is 195 Å². The first-order chi connectivity index (χ1) is 15.5. The van der Waals surface area contributed by atoms with E-state index < -0.39 is 6.04 Å². The molecule has 1 aromatic carbocycles. The fourth-order valence-electron chi connectivity index (χ4n) is 3.68. The Kier molecular flexibility index (Phi) is 7.02. The number of carbonyl (C=O) groups excluding carboxylic acids is 2. The highest BCUT2D eigenvalue weighted by molar-refractivity contribution is 7.14. The van der Waals surface area contributed by atoms with Crippen molar-refractivity contribution in [3.05, 3.63) is 69.9 Å². The van der Waals surface area contributed by atoms with Crippen LogP contribution in [-0.4, -0.2) is 39.3 Å². The molecule has 1 atom stereocenters. The summed E-state index contributed by atoms with van der Waals surface area (Å²) in [5.41, 5.74) is 3.18. The molecule has 32 heavy (non-hydrogen) atoms. The van der Waals surface area contributed by atoms with Crippen LogP contribution in [0.2, 0.25) is 5.02 Å². The van der Waals surface area contributed by atoms with Gasteiger partial charge in [-0.15, -0.1) is 11.3 Å². The smallest absolute Gasteiger partial charge is 0.274 e. The van der Waals surface area contributed by atoms with Crippen LogP contribution in [0.3, 0.4) is 0 Å². The number of rotatable bonds is 6. The van der Waals surface area contributed by atoms with Crippen molar-refractivity contribution in [1.82, 2.24) is 20.2 Å². The molecule has 1 saturated heterocycles. The maximum Gasteiger partial charge on any atom is 0.274 e. The highest BCUT2D eigenvalue weighted by Crippen LogP contribution is 2.27. The van der Waals surface area contributed by atoms with Crippen molar-refractivity contribution in [3.63, 3.8) is 0 Å². The van der Waals surface area contributed by atoms with Crippen LogP contribution in [0.4, 0.5) is 10.8 Å². The first-order valence-corrected chi connectivity index (χ1v) is 11.7. The molecule has 2 N–H and O–H groups in total. The number of thiazole rings is 1. The van der Waals surface area contributed by atoms with Crippen LogP contribution < -0.4 is 10.6 Å². The van der Waals surface area contributed by atoms with Crippen molar-refractivity contribution >= 4 is 45.6 Å². The molecule has 0 saturated carbocycles. The van der Waals surface area contributed by atoms with Crippen LogP contribution in [0.1, 0.15) is 40.9 Å². The van der Waals surface area contributed by atoms with E-state index in [0.29, 0.717) is 35.4 Å². The van der Waals surface area contributed by atoms with Crippen LogP contribution in [-0.2, 0) is 11.3 Å². The number of likely N-dealkylation sites (tertiary alicyclic amines) is 1. The van der Waals surface area contributed by atoms with E-state index >= 15 is 0 Å². The van der Waals surface area contributed by atoms with E-state index in [0.717, 1.165) is 29.7 Å². The summed E-state index contributed by atoms with van der Waals surface area (Å²) >= 11 is 7.44. The molecule has 1 aliphatic heterocycles. The van der Waals surface area contributed by atoms with E-state index in [4.69, 9.17) is 11.6 Å². The fraction of sp³-hybridized carbons (Fsp3) is 0.304. The third kappa shape index (κ3) is 5.26. The standard InChI is InChI=1S/C23H24ClN5O2S/c1-15-5-6-17(24)12-18(15)27-23-28-19(14-32-23)22(31)29-11-3-2-4-20(29)21(30)26-13-16-7-9-25-10-8-16/h5-10,12,14,20H,2-4,11,13H2,1H3,(H,26,30)(H,27,28). The van der Waals surface area contributed by atoms with Gasteiger partial charge in [-0.05, 0) is 61.6 Å². The Morgan fingerprint density at radius 3 is 2.84 bits per heavy atom. The molecule has 3 heterocycles. The van der Waals surface area contributed by atoms with Gasteiger partial charge in [-0.1, -0.05) is 17.7 Å². The number of hydrogen-bond donors (Lipinski definition) is 2. The van der Waals surface area contributed by atoms with Gasteiger partial charge in [-0.3, -0.25) is 14.6 Å². The molecule has 1 unspecified atom stereocenters. The zero-order valence-corrected chi connectivity index (χ0v) is 19.2. The van der Waals surface area contributed by atoms with E-state index in [1.807, 2.05) is 37.3 Å². The van der Waals surface area contributed by atoms with Crippen LogP contribution >= 0.6 is 22.9 Å². The Morgan fingerprint density at radius 2 is 2.03 bits per heavy atom. The van der Waals surface area contributed by atoms with Gasteiger partial charge in [0.2, 0.25) is 5.91 Å². The number of anilines is 2. The molecule has 166 valence electrons. The van der Waals surface area contributed by atoms with E-state index in [9.17, 15) is 9.59 Å². The molecule has 3 aromatic rings. The summed E-state index contributed by atoms with van der Waals surface area (Å²) in [7, 11) is 0. The average molecular weight is 470 g/mol. The highest BCUT2D eigenvalue weighted by Gasteiger charge is 2.33. The predicted molar refractivity (Wildman–Crippen MR) is 126 cm³/mol. The highest BCUT2D eigenvalue weighted by atomic mass is 35.5. The summed E-state index contributed by atoms with van der Waals surface area (Å²) in [6, 6.07) is 8.80. The molecule has 7 nitrogen and oxygen atoms in total. The van der Waals surface area contributed by atoms with Crippen molar-refractivity contribution in [1.29, 1.82) is 0 Å². The van der Waals surface area contributed by atoms with Crippen molar-refractivity contribution in [2.45, 2.75) is 38.8 Å². The minimum atomic E-state index is -0.494. The number of carbonyl (C=O) groups is 2. The van der Waals surface area contributed by atoms with Gasteiger partial charge < -0.3 is 15.5 Å². The number of benzene rings is 1. The molecular formula is C23H24ClN5O2S. The minimum Gasteiger partial charge on any atom is -0.350 e. The first kappa shape index (κ1) is 22.2. The Hall–Kier alpha value is -2.97. The van der Waals surface area contributed by atoms with Crippen LogP contribution in [0.15, 0.2) is 48.1 Å². The van der Waals surface area contributed by atoms with Gasteiger partial charge in [0, 0.05) is 41.6 Å². The summed E-state index contributed by atoms with van der Waals surface area (Å²) in [5.74, 6) is -0.362. The van der Waals surface area contributed by atoms with Crippen molar-refractivity contribution < 1.29 is 9.59 Å². The molecule has 0 bridgehead atoms. The van der Waals surface area contributed by atoms with E-state index in [2.05, 4.69) is 20.6 Å². The van der Waals surface area contributed by atoms with Gasteiger partial charge in [0.1, 0.15) is 11.7 Å². The second-order valence-electron chi connectivity index (χ2n) is 7.71. The number of amides is 2. The monoisotopic (exact) mass is 469 g/mol. The van der Waals surface area contributed by atoms with Crippen LogP contribution in [0, 0.1) is 6.92 Å². The quantitative estimate of drug-likeness (QED) is 0.552. The lowest BCUT2D eigenvalue weighted by Crippen LogP contribution is -2.51. The largest absolute Gasteiger partial charge is 0.350 e. The van der Waals surface area contributed by atoms with Gasteiger partial charge >= 0.3 is 0 Å². The number of halogens is 1. The number of hydrogen-bond acceptors (Lipinski definition) is 6. The number of aryl methyl sites for hydroxylation is 1. The van der Waals surface area contributed by atoms with Crippen molar-refractivity contribution in [2.75, 3.05) is 11.9 Å². The molecule has 0 spiro atoms. The number of aromatic nitrogens is 2. The van der Waals surface area contributed by atoms with Gasteiger partial charge in [0.15, 0.2) is 5.13 Å². The lowest BCUT2D eigenvalue weighted by Gasteiger charge is -2.34. The molecule has 2 amide bonds. The van der Waals surface area contributed by atoms with E-state index in [-0.39, 0.29) is 11.8 Å². The summed E-state index contributed by atoms with van der Waals surface area (Å²) in [5, 5.41) is 9.14. The van der Waals surface area contributed by atoms with E-state index in [1.54, 1.807) is 22.7 Å². The maximum absolute atomic E-state index is 13.2. The second-order valence-corrected chi connectivity index (χ2v) is 9.00. The summed E-state index contributed by atoms with van der Waals surface area (Å²) in [6.07, 6.45) is 5.81. The summed E-state index contributed by atoms with van der Waals surface area (Å²) in [6.45, 7) is 2.92. The summed E-state index contributed by atoms with van der Waals surface area (Å²) in [4.78, 5) is 36.2. The average Bonchev–Trinajstić information content (AvgIpc) is 3.28. The number of pyridine rings is 1. The number of piperidine rings is 1. The molecule has 4 rings (SSSR count). The normalized spacial score (nSPS) is 15.9. The molecular weight excluding hydrogens is 446 g/mol. The topological polar surface area (TPSA) is 87.2 Å². The van der Waals surface area contributed by atoms with Crippen molar-refractivity contribution in [3.8, 4) is 0 Å². The maximum atomic E-state index is 13.2. The predicted octanol–water partition coefficient (Wildman–Crippen LogP) is 4.55. The summed E-state index contributed by atoms with van der Waals surface area (Å²) < 4.78 is 0. The SMILES string of the molecule is Cc1ccc(Cl)cc1Nc1nc(C(=O)N2CCCCC2C(=O)NCc2ccncc2)cs1. The lowest BCUT2D eigenvalue weighted by atomic mass is 10.0. The van der Waals surface area contributed by atoms with Gasteiger partial charge in [0.25, 0.3) is 5.91 Å². The zero-order valence-electron chi connectivity index (χ0n) is 17.7. The number of nitrogens with one attached hydrogen (secondary N) is 2. The van der Waals surface area contributed by atoms with Gasteiger partial charge in [-0.25, -0.2) is 4.98 Å². The van der Waals surface area contributed by atoms with Gasteiger partial charge in [-0.2, -0.15) is 0 Å². The fourth-order valence-corrected chi connectivity index (χ4v) is 4.54. The molecule has 0 radical (unpaired) electrons. The van der Waals surface area contributed by atoms with Crippen LogP contribution in [0.25, 0.3) is 0 Å². The Bertz CT molecular complexity index is 1100. The molecule has 0 aliphatic carbocycles. The third-order valence-corrected chi connectivity index (χ3v) is 6.44. The Balaban J connectivity index is 1.44. The minimum absolute atomic E-state index is 0.141. The number of nitrogens with zero attached hydrogens (tertiary/aromatic N) is 3.